The van der Waals surface area contributed by atoms with Crippen LogP contribution in [0.3, 0.4) is 0 Å². The molecule has 0 aliphatic carbocycles. The predicted molar refractivity (Wildman–Crippen MR) is 64.8 cm³/mol. The number of ether oxygens (including phenoxy) is 1. The van der Waals surface area contributed by atoms with Crippen LogP contribution in [-0.2, 0) is 11.2 Å². The van der Waals surface area contributed by atoms with Gasteiger partial charge in [-0.3, -0.25) is 11.3 Å². The summed E-state index contributed by atoms with van der Waals surface area (Å²) in [5, 5.41) is 4.24. The fourth-order valence-electron chi connectivity index (χ4n) is 1.73. The van der Waals surface area contributed by atoms with Crippen LogP contribution in [0.5, 0.6) is 0 Å². The van der Waals surface area contributed by atoms with Crippen LogP contribution in [0.15, 0.2) is 16.8 Å². The Hall–Kier alpha value is -0.420. The van der Waals surface area contributed by atoms with Gasteiger partial charge in [-0.05, 0) is 35.2 Å². The maximum atomic E-state index is 5.57. The first-order valence-electron chi connectivity index (χ1n) is 5.31. The second-order valence-corrected chi connectivity index (χ2v) is 4.45. The lowest BCUT2D eigenvalue weighted by atomic mass is 10.0. The zero-order valence-electron chi connectivity index (χ0n) is 9.40. The average Bonchev–Trinajstić information content (AvgIpc) is 2.75. The number of nitrogens with one attached hydrogen (secondary N) is 1. The van der Waals surface area contributed by atoms with Gasteiger partial charge in [-0.2, -0.15) is 11.3 Å². The third-order valence-electron chi connectivity index (χ3n) is 2.57. The molecule has 15 heavy (non-hydrogen) atoms. The summed E-state index contributed by atoms with van der Waals surface area (Å²) in [4.78, 5) is 0. The van der Waals surface area contributed by atoms with Gasteiger partial charge < -0.3 is 4.74 Å². The van der Waals surface area contributed by atoms with Gasteiger partial charge in [-0.1, -0.05) is 13.3 Å². The number of hydrogen-bond acceptors (Lipinski definition) is 4. The molecule has 2 atom stereocenters. The van der Waals surface area contributed by atoms with E-state index in [4.69, 9.17) is 10.6 Å². The third-order valence-corrected chi connectivity index (χ3v) is 3.31. The summed E-state index contributed by atoms with van der Waals surface area (Å²) in [6.07, 6.45) is 3.27. The van der Waals surface area contributed by atoms with Crippen LogP contribution in [0.1, 0.15) is 25.3 Å². The van der Waals surface area contributed by atoms with Crippen molar-refractivity contribution >= 4 is 11.3 Å². The molecule has 2 unspecified atom stereocenters. The van der Waals surface area contributed by atoms with Gasteiger partial charge >= 0.3 is 0 Å². The quantitative estimate of drug-likeness (QED) is 0.554. The molecule has 0 bridgehead atoms. The first kappa shape index (κ1) is 12.6. The summed E-state index contributed by atoms with van der Waals surface area (Å²) >= 11 is 1.72. The van der Waals surface area contributed by atoms with Crippen molar-refractivity contribution in [2.45, 2.75) is 38.3 Å². The molecule has 0 radical (unpaired) electrons. The normalized spacial score (nSPS) is 15.1. The van der Waals surface area contributed by atoms with E-state index in [0.717, 1.165) is 19.3 Å². The lowest BCUT2D eigenvalue weighted by Gasteiger charge is -2.24. The minimum atomic E-state index is 0.194. The Kier molecular flexibility index (Phi) is 5.86. The smallest absolute Gasteiger partial charge is 0.0740 e. The predicted octanol–water partition coefficient (Wildman–Crippen LogP) is 1.94. The Bertz CT molecular complexity index is 251. The van der Waals surface area contributed by atoms with Crippen molar-refractivity contribution in [1.29, 1.82) is 0 Å². The molecule has 4 heteroatoms. The minimum absolute atomic E-state index is 0.194. The molecule has 86 valence electrons. The highest BCUT2D eigenvalue weighted by atomic mass is 32.1. The summed E-state index contributed by atoms with van der Waals surface area (Å²) in [6.45, 7) is 2.16. The molecule has 1 heterocycles. The standard InChI is InChI=1S/C11H20N2OS/c1-3-4-11(14-2)10(13-12)7-9-5-6-15-8-9/h5-6,8,10-11,13H,3-4,7,12H2,1-2H3. The molecule has 0 aliphatic rings. The summed E-state index contributed by atoms with van der Waals surface area (Å²) in [5.41, 5.74) is 4.18. The molecule has 0 saturated carbocycles. The average molecular weight is 228 g/mol. The van der Waals surface area contributed by atoms with Crippen LogP contribution < -0.4 is 11.3 Å². The molecule has 0 aromatic carbocycles. The van der Waals surface area contributed by atoms with Gasteiger partial charge in [0.05, 0.1) is 12.1 Å². The lowest BCUT2D eigenvalue weighted by molar-refractivity contribution is 0.0609. The molecule has 3 nitrogen and oxygen atoms in total. The Morgan fingerprint density at radius 3 is 2.87 bits per heavy atom. The molecule has 0 spiro atoms. The van der Waals surface area contributed by atoms with E-state index in [1.54, 1.807) is 18.4 Å². The Labute approximate surface area is 95.6 Å². The van der Waals surface area contributed by atoms with Crippen LogP contribution in [0.25, 0.3) is 0 Å². The first-order valence-corrected chi connectivity index (χ1v) is 6.26. The van der Waals surface area contributed by atoms with Crippen LogP contribution in [-0.4, -0.2) is 19.3 Å². The van der Waals surface area contributed by atoms with Gasteiger partial charge in [0.1, 0.15) is 0 Å². The Morgan fingerprint density at radius 2 is 2.40 bits per heavy atom. The SMILES string of the molecule is CCCC(OC)C(Cc1ccsc1)NN. The first-order chi connectivity index (χ1) is 7.31. The van der Waals surface area contributed by atoms with Gasteiger partial charge in [0.25, 0.3) is 0 Å². The van der Waals surface area contributed by atoms with E-state index in [-0.39, 0.29) is 12.1 Å². The monoisotopic (exact) mass is 228 g/mol. The Balaban J connectivity index is 2.53. The number of thiophene rings is 1. The number of nitrogens with two attached hydrogens (primary N) is 1. The highest BCUT2D eigenvalue weighted by molar-refractivity contribution is 7.07. The van der Waals surface area contributed by atoms with Gasteiger partial charge in [0, 0.05) is 7.11 Å². The molecular weight excluding hydrogens is 208 g/mol. The van der Waals surface area contributed by atoms with Gasteiger partial charge in [0.15, 0.2) is 0 Å². The Morgan fingerprint density at radius 1 is 1.60 bits per heavy atom. The second-order valence-electron chi connectivity index (χ2n) is 3.67. The van der Waals surface area contributed by atoms with Crippen LogP contribution >= 0.6 is 11.3 Å². The van der Waals surface area contributed by atoms with E-state index in [2.05, 4.69) is 29.2 Å². The van der Waals surface area contributed by atoms with E-state index in [0.29, 0.717) is 0 Å². The van der Waals surface area contributed by atoms with E-state index in [1.807, 2.05) is 0 Å². The maximum Gasteiger partial charge on any atom is 0.0740 e. The van der Waals surface area contributed by atoms with Gasteiger partial charge in [-0.25, -0.2) is 0 Å². The third kappa shape index (κ3) is 3.91. The molecule has 0 fully saturated rings. The topological polar surface area (TPSA) is 47.3 Å². The van der Waals surface area contributed by atoms with E-state index in [9.17, 15) is 0 Å². The number of hydrazine groups is 1. The number of methoxy groups -OCH3 is 1. The number of rotatable bonds is 7. The molecule has 0 saturated heterocycles. The summed E-state index contributed by atoms with van der Waals surface area (Å²) in [7, 11) is 1.75. The van der Waals surface area contributed by atoms with Crippen LogP contribution in [0.4, 0.5) is 0 Å². The molecule has 0 amide bonds. The molecule has 1 aromatic heterocycles. The molecule has 1 rings (SSSR count). The largest absolute Gasteiger partial charge is 0.380 e. The van der Waals surface area contributed by atoms with Crippen molar-refractivity contribution in [2.24, 2.45) is 5.84 Å². The van der Waals surface area contributed by atoms with Crippen molar-refractivity contribution in [3.63, 3.8) is 0 Å². The zero-order chi connectivity index (χ0) is 11.1. The highest BCUT2D eigenvalue weighted by Crippen LogP contribution is 2.14. The van der Waals surface area contributed by atoms with Gasteiger partial charge in [0.2, 0.25) is 0 Å². The van der Waals surface area contributed by atoms with Crippen molar-refractivity contribution in [2.75, 3.05) is 7.11 Å². The van der Waals surface area contributed by atoms with Crippen molar-refractivity contribution in [1.82, 2.24) is 5.43 Å². The molecule has 3 N–H and O–H groups in total. The minimum Gasteiger partial charge on any atom is -0.380 e. The fourth-order valence-corrected chi connectivity index (χ4v) is 2.41. The van der Waals surface area contributed by atoms with Gasteiger partial charge in [-0.15, -0.1) is 0 Å². The van der Waals surface area contributed by atoms with Crippen molar-refractivity contribution < 1.29 is 4.74 Å². The van der Waals surface area contributed by atoms with Crippen LogP contribution in [0, 0.1) is 0 Å². The maximum absolute atomic E-state index is 5.57. The van der Waals surface area contributed by atoms with E-state index >= 15 is 0 Å². The van der Waals surface area contributed by atoms with Crippen LogP contribution in [0.2, 0.25) is 0 Å². The van der Waals surface area contributed by atoms with E-state index < -0.39 is 0 Å². The molecule has 1 aromatic rings. The lowest BCUT2D eigenvalue weighted by Crippen LogP contribution is -2.46. The fraction of sp³-hybridized carbons (Fsp3) is 0.636. The van der Waals surface area contributed by atoms with Crippen molar-refractivity contribution in [3.05, 3.63) is 22.4 Å². The second kappa shape index (κ2) is 6.95. The summed E-state index contributed by atoms with van der Waals surface area (Å²) in [5.74, 6) is 5.57. The number of hydrogen-bond donors (Lipinski definition) is 2. The molecular formula is C11H20N2OS. The zero-order valence-corrected chi connectivity index (χ0v) is 10.2. The van der Waals surface area contributed by atoms with Crippen molar-refractivity contribution in [3.8, 4) is 0 Å². The molecule has 0 aliphatic heterocycles. The summed E-state index contributed by atoms with van der Waals surface area (Å²) < 4.78 is 5.45. The summed E-state index contributed by atoms with van der Waals surface area (Å²) in [6, 6.07) is 2.33. The highest BCUT2D eigenvalue weighted by Gasteiger charge is 2.19. The van der Waals surface area contributed by atoms with E-state index in [1.165, 1.54) is 5.56 Å².